The summed E-state index contributed by atoms with van der Waals surface area (Å²) in [6.45, 7) is 3.82. The molecule has 6 nitrogen and oxygen atoms in total. The second-order valence-corrected chi connectivity index (χ2v) is 9.67. The molecule has 0 radical (unpaired) electrons. The normalized spacial score (nSPS) is 31.0. The number of esters is 1. The molecule has 1 unspecified atom stereocenters. The van der Waals surface area contributed by atoms with Crippen molar-refractivity contribution in [3.63, 3.8) is 0 Å². The largest absolute Gasteiger partial charge is 0.451 e. The van der Waals surface area contributed by atoms with Crippen molar-refractivity contribution in [2.24, 2.45) is 23.2 Å². The molecular weight excluding hydrogens is 366 g/mol. The number of fused-ring (bicyclic) bond motifs is 1. The highest BCUT2D eigenvalue weighted by Gasteiger charge is 2.53. The molecule has 1 amide bonds. The van der Waals surface area contributed by atoms with Gasteiger partial charge in [0.05, 0.1) is 0 Å². The Morgan fingerprint density at radius 2 is 1.86 bits per heavy atom. The smallest absolute Gasteiger partial charge is 0.359 e. The first-order valence-electron chi connectivity index (χ1n) is 10.8. The number of pyridine rings is 1. The number of nitrogens with zero attached hydrogens (tertiary/aromatic N) is 2. The highest BCUT2D eigenvalue weighted by molar-refractivity contribution is 5.90. The molecule has 2 aromatic rings. The van der Waals surface area contributed by atoms with Crippen molar-refractivity contribution in [3.8, 4) is 0 Å². The van der Waals surface area contributed by atoms with Gasteiger partial charge in [0.15, 0.2) is 12.3 Å². The lowest BCUT2D eigenvalue weighted by Crippen LogP contribution is -2.56. The summed E-state index contributed by atoms with van der Waals surface area (Å²) in [6.07, 6.45) is 9.52. The van der Waals surface area contributed by atoms with Crippen molar-refractivity contribution >= 4 is 17.5 Å². The molecule has 0 spiro atoms. The number of hydrogen-bond acceptors (Lipinski definition) is 4. The Kier molecular flexibility index (Phi) is 4.41. The van der Waals surface area contributed by atoms with Crippen molar-refractivity contribution in [3.05, 3.63) is 35.8 Å². The summed E-state index contributed by atoms with van der Waals surface area (Å²) < 4.78 is 7.09. The molecule has 4 aliphatic carbocycles. The Labute approximate surface area is 171 Å². The summed E-state index contributed by atoms with van der Waals surface area (Å²) in [5.41, 5.74) is 2.14. The van der Waals surface area contributed by atoms with Crippen LogP contribution in [0.4, 0.5) is 0 Å². The minimum absolute atomic E-state index is 0.125. The van der Waals surface area contributed by atoms with Crippen LogP contribution in [0.1, 0.15) is 61.6 Å². The van der Waals surface area contributed by atoms with E-state index in [1.807, 2.05) is 29.5 Å². The lowest BCUT2D eigenvalue weighted by Gasteiger charge is -2.59. The van der Waals surface area contributed by atoms with E-state index in [2.05, 4.69) is 17.2 Å². The maximum atomic E-state index is 12.5. The molecule has 154 valence electrons. The quantitative estimate of drug-likeness (QED) is 0.786. The van der Waals surface area contributed by atoms with E-state index in [0.29, 0.717) is 5.65 Å². The summed E-state index contributed by atoms with van der Waals surface area (Å²) in [7, 11) is 0. The van der Waals surface area contributed by atoms with E-state index in [4.69, 9.17) is 4.74 Å². The number of ether oxygens (including phenoxy) is 1. The number of hydrogen-bond donors (Lipinski definition) is 1. The third-order valence-electron chi connectivity index (χ3n) is 7.62. The zero-order valence-corrected chi connectivity index (χ0v) is 17.2. The van der Waals surface area contributed by atoms with Gasteiger partial charge in [-0.25, -0.2) is 9.78 Å². The van der Waals surface area contributed by atoms with Crippen molar-refractivity contribution in [2.45, 2.75) is 58.4 Å². The second kappa shape index (κ2) is 6.85. The van der Waals surface area contributed by atoms with Gasteiger partial charge >= 0.3 is 5.97 Å². The van der Waals surface area contributed by atoms with Crippen LogP contribution in [0.5, 0.6) is 0 Å². The summed E-state index contributed by atoms with van der Waals surface area (Å²) in [5, 5.41) is 3.14. The van der Waals surface area contributed by atoms with Crippen molar-refractivity contribution in [1.82, 2.24) is 14.7 Å². The van der Waals surface area contributed by atoms with Crippen LogP contribution >= 0.6 is 0 Å². The Balaban J connectivity index is 1.19. The Hall–Kier alpha value is -2.37. The molecule has 2 heterocycles. The Bertz CT molecular complexity index is 928. The predicted octanol–water partition coefficient (Wildman–Crippen LogP) is 3.52. The first kappa shape index (κ1) is 18.6. The van der Waals surface area contributed by atoms with E-state index >= 15 is 0 Å². The standard InChI is InChI=1S/C23H29N3O3/c1-14-4-3-5-20-25-19(12-26(14)20)22(28)29-13-21(27)24-15(2)23-9-16-6-17(10-23)8-18(7-16)11-23/h3-5,12,15-18H,6-11,13H2,1-2H3,(H,24,27). The maximum absolute atomic E-state index is 12.5. The van der Waals surface area contributed by atoms with Crippen LogP contribution in [0.15, 0.2) is 24.4 Å². The fraction of sp³-hybridized carbons (Fsp3) is 0.609. The molecule has 6 rings (SSSR count). The molecule has 1 N–H and O–H groups in total. The lowest BCUT2D eigenvalue weighted by atomic mass is 9.48. The SMILES string of the molecule is Cc1cccc2nc(C(=O)OCC(=O)NC(C)C34CC5CC(CC(C5)C3)C4)cn12. The van der Waals surface area contributed by atoms with Crippen molar-refractivity contribution in [1.29, 1.82) is 0 Å². The Morgan fingerprint density at radius 1 is 1.21 bits per heavy atom. The van der Waals surface area contributed by atoms with E-state index in [1.165, 1.54) is 38.5 Å². The molecule has 4 aliphatic rings. The lowest BCUT2D eigenvalue weighted by molar-refractivity contribution is -0.128. The second-order valence-electron chi connectivity index (χ2n) is 9.67. The molecule has 4 bridgehead atoms. The average Bonchev–Trinajstić information content (AvgIpc) is 3.11. The average molecular weight is 396 g/mol. The summed E-state index contributed by atoms with van der Waals surface area (Å²) in [5.74, 6) is 1.75. The number of amides is 1. The molecule has 1 atom stereocenters. The number of carbonyl (C=O) groups excluding carboxylic acids is 2. The molecule has 0 aromatic carbocycles. The molecule has 6 heteroatoms. The van der Waals surface area contributed by atoms with Gasteiger partial charge in [0, 0.05) is 17.9 Å². The molecular formula is C23H29N3O3. The monoisotopic (exact) mass is 395 g/mol. The van der Waals surface area contributed by atoms with Gasteiger partial charge in [0.1, 0.15) is 5.65 Å². The number of nitrogens with one attached hydrogen (secondary N) is 1. The first-order chi connectivity index (χ1) is 13.9. The zero-order chi connectivity index (χ0) is 20.2. The fourth-order valence-corrected chi connectivity index (χ4v) is 6.60. The van der Waals surface area contributed by atoms with E-state index in [1.54, 1.807) is 6.20 Å². The third kappa shape index (κ3) is 3.32. The fourth-order valence-electron chi connectivity index (χ4n) is 6.60. The first-order valence-corrected chi connectivity index (χ1v) is 10.8. The number of aromatic nitrogens is 2. The molecule has 4 saturated carbocycles. The molecule has 2 aromatic heterocycles. The van der Waals surface area contributed by atoms with E-state index in [9.17, 15) is 9.59 Å². The molecule has 0 aliphatic heterocycles. The number of carbonyl (C=O) groups is 2. The molecule has 29 heavy (non-hydrogen) atoms. The van der Waals surface area contributed by atoms with Gasteiger partial charge in [0.25, 0.3) is 5.91 Å². The van der Waals surface area contributed by atoms with Gasteiger partial charge in [-0.2, -0.15) is 0 Å². The summed E-state index contributed by atoms with van der Waals surface area (Å²) in [6, 6.07) is 5.80. The number of imidazole rings is 1. The van der Waals surface area contributed by atoms with Gasteiger partial charge in [0.2, 0.25) is 0 Å². The number of rotatable bonds is 5. The van der Waals surface area contributed by atoms with Crippen LogP contribution in [0.25, 0.3) is 5.65 Å². The van der Waals surface area contributed by atoms with Crippen LogP contribution in [0, 0.1) is 30.1 Å². The summed E-state index contributed by atoms with van der Waals surface area (Å²) in [4.78, 5) is 29.2. The van der Waals surface area contributed by atoms with Gasteiger partial charge in [-0.05, 0) is 87.7 Å². The molecule has 0 saturated heterocycles. The van der Waals surface area contributed by atoms with Crippen LogP contribution in [0.2, 0.25) is 0 Å². The summed E-state index contributed by atoms with van der Waals surface area (Å²) >= 11 is 0. The van der Waals surface area contributed by atoms with Gasteiger partial charge < -0.3 is 14.5 Å². The van der Waals surface area contributed by atoms with Gasteiger partial charge in [-0.15, -0.1) is 0 Å². The zero-order valence-electron chi connectivity index (χ0n) is 17.2. The predicted molar refractivity (Wildman–Crippen MR) is 108 cm³/mol. The van der Waals surface area contributed by atoms with Gasteiger partial charge in [-0.1, -0.05) is 6.07 Å². The number of aryl methyl sites for hydroxylation is 1. The van der Waals surface area contributed by atoms with Crippen LogP contribution in [0.3, 0.4) is 0 Å². The highest BCUT2D eigenvalue weighted by Crippen LogP contribution is 2.61. The van der Waals surface area contributed by atoms with E-state index in [-0.39, 0.29) is 29.7 Å². The maximum Gasteiger partial charge on any atom is 0.359 e. The van der Waals surface area contributed by atoms with Crippen LogP contribution in [-0.2, 0) is 9.53 Å². The minimum Gasteiger partial charge on any atom is -0.451 e. The minimum atomic E-state index is -0.564. The topological polar surface area (TPSA) is 72.7 Å². The van der Waals surface area contributed by atoms with Crippen LogP contribution < -0.4 is 5.32 Å². The van der Waals surface area contributed by atoms with Crippen molar-refractivity contribution < 1.29 is 14.3 Å². The highest BCUT2D eigenvalue weighted by atomic mass is 16.5. The molecule has 4 fully saturated rings. The van der Waals surface area contributed by atoms with E-state index < -0.39 is 5.97 Å². The van der Waals surface area contributed by atoms with Gasteiger partial charge in [-0.3, -0.25) is 4.79 Å². The Morgan fingerprint density at radius 3 is 2.48 bits per heavy atom. The van der Waals surface area contributed by atoms with E-state index in [0.717, 1.165) is 23.4 Å². The van der Waals surface area contributed by atoms with Crippen LogP contribution in [-0.4, -0.2) is 33.9 Å². The third-order valence-corrected chi connectivity index (χ3v) is 7.62. The van der Waals surface area contributed by atoms with Crippen molar-refractivity contribution in [2.75, 3.05) is 6.61 Å².